The van der Waals surface area contributed by atoms with Crippen LogP contribution in [0.2, 0.25) is 5.02 Å². The second kappa shape index (κ2) is 10.1. The Balaban J connectivity index is 2.34. The largest absolute Gasteiger partial charge is 0.492 e. The van der Waals surface area contributed by atoms with Crippen molar-refractivity contribution in [2.75, 3.05) is 13.2 Å². The zero-order chi connectivity index (χ0) is 13.9. The molecule has 1 aromatic rings. The maximum absolute atomic E-state index is 6.23. The summed E-state index contributed by atoms with van der Waals surface area (Å²) in [5, 5.41) is 4.08. The molecule has 0 heterocycles. The molecule has 2 nitrogen and oxygen atoms in total. The number of ether oxygens (including phenoxy) is 1. The Labute approximate surface area is 122 Å². The third kappa shape index (κ3) is 6.84. The molecule has 3 heteroatoms. The number of halogens is 1. The van der Waals surface area contributed by atoms with Gasteiger partial charge in [-0.05, 0) is 37.1 Å². The summed E-state index contributed by atoms with van der Waals surface area (Å²) in [6, 6.07) is 6.05. The Bertz CT molecular complexity index is 355. The van der Waals surface area contributed by atoms with Crippen LogP contribution in [0, 0.1) is 0 Å². The highest BCUT2D eigenvalue weighted by Crippen LogP contribution is 2.25. The molecule has 0 amide bonds. The van der Waals surface area contributed by atoms with E-state index >= 15 is 0 Å². The Morgan fingerprint density at radius 3 is 2.63 bits per heavy atom. The molecule has 0 bridgehead atoms. The molecular formula is C16H26ClNO. The number of nitrogens with one attached hydrogen (secondary N) is 1. The van der Waals surface area contributed by atoms with Crippen molar-refractivity contribution in [2.45, 2.75) is 52.5 Å². The lowest BCUT2D eigenvalue weighted by Gasteiger charge is -2.10. The second-order valence-electron chi connectivity index (χ2n) is 4.85. The van der Waals surface area contributed by atoms with Crippen molar-refractivity contribution in [3.05, 3.63) is 28.8 Å². The number of unbranched alkanes of at least 4 members (excludes halogenated alkanes) is 3. The molecular weight excluding hydrogens is 258 g/mol. The summed E-state index contributed by atoms with van der Waals surface area (Å²) in [5.41, 5.74) is 1.21. The van der Waals surface area contributed by atoms with Gasteiger partial charge in [0.15, 0.2) is 0 Å². The summed E-state index contributed by atoms with van der Waals surface area (Å²) in [6.07, 6.45) is 6.00. The Morgan fingerprint density at radius 2 is 1.95 bits per heavy atom. The maximum Gasteiger partial charge on any atom is 0.137 e. The van der Waals surface area contributed by atoms with E-state index in [4.69, 9.17) is 16.3 Å². The van der Waals surface area contributed by atoms with Crippen LogP contribution in [0.25, 0.3) is 0 Å². The van der Waals surface area contributed by atoms with E-state index in [1.807, 2.05) is 12.1 Å². The van der Waals surface area contributed by atoms with Gasteiger partial charge in [0.2, 0.25) is 0 Å². The van der Waals surface area contributed by atoms with E-state index in [0.717, 1.165) is 38.3 Å². The van der Waals surface area contributed by atoms with Gasteiger partial charge in [0.25, 0.3) is 0 Å². The predicted octanol–water partition coefficient (Wildman–Crippen LogP) is 4.80. The van der Waals surface area contributed by atoms with Gasteiger partial charge in [-0.3, -0.25) is 0 Å². The minimum absolute atomic E-state index is 0.714. The molecule has 0 unspecified atom stereocenters. The van der Waals surface area contributed by atoms with E-state index in [9.17, 15) is 0 Å². The van der Waals surface area contributed by atoms with Gasteiger partial charge >= 0.3 is 0 Å². The van der Waals surface area contributed by atoms with Crippen molar-refractivity contribution < 1.29 is 4.74 Å². The van der Waals surface area contributed by atoms with Crippen molar-refractivity contribution in [1.29, 1.82) is 0 Å². The van der Waals surface area contributed by atoms with E-state index in [-0.39, 0.29) is 0 Å². The van der Waals surface area contributed by atoms with Crippen molar-refractivity contribution in [2.24, 2.45) is 0 Å². The summed E-state index contributed by atoms with van der Waals surface area (Å²) in [6.45, 7) is 7.03. The number of rotatable bonds is 10. The smallest absolute Gasteiger partial charge is 0.137 e. The predicted molar refractivity (Wildman–Crippen MR) is 83.1 cm³/mol. The average Bonchev–Trinajstić information content (AvgIpc) is 2.41. The van der Waals surface area contributed by atoms with Gasteiger partial charge in [0.05, 0.1) is 11.6 Å². The zero-order valence-corrected chi connectivity index (χ0v) is 12.9. The summed E-state index contributed by atoms with van der Waals surface area (Å²) in [4.78, 5) is 0. The van der Waals surface area contributed by atoms with Gasteiger partial charge in [0.1, 0.15) is 5.75 Å². The monoisotopic (exact) mass is 283 g/mol. The molecule has 0 aromatic heterocycles. The summed E-state index contributed by atoms with van der Waals surface area (Å²) < 4.78 is 5.71. The van der Waals surface area contributed by atoms with Crippen LogP contribution in [-0.2, 0) is 6.54 Å². The molecule has 19 heavy (non-hydrogen) atoms. The first-order valence-electron chi connectivity index (χ1n) is 7.39. The molecule has 1 aromatic carbocycles. The Hall–Kier alpha value is -0.730. The number of hydrogen-bond acceptors (Lipinski definition) is 2. The third-order valence-corrected chi connectivity index (χ3v) is 3.30. The van der Waals surface area contributed by atoms with Crippen LogP contribution >= 0.6 is 11.6 Å². The fourth-order valence-electron chi connectivity index (χ4n) is 1.89. The highest BCUT2D eigenvalue weighted by atomic mass is 35.5. The molecule has 0 radical (unpaired) electrons. The molecule has 1 rings (SSSR count). The third-order valence-electron chi connectivity index (χ3n) is 3.01. The van der Waals surface area contributed by atoms with Crippen LogP contribution in [0.15, 0.2) is 18.2 Å². The van der Waals surface area contributed by atoms with Crippen molar-refractivity contribution in [3.8, 4) is 5.75 Å². The van der Waals surface area contributed by atoms with Crippen LogP contribution in [0.1, 0.15) is 51.5 Å². The van der Waals surface area contributed by atoms with Gasteiger partial charge in [-0.1, -0.05) is 50.8 Å². The number of benzene rings is 1. The second-order valence-corrected chi connectivity index (χ2v) is 5.26. The topological polar surface area (TPSA) is 21.3 Å². The average molecular weight is 284 g/mol. The zero-order valence-electron chi connectivity index (χ0n) is 12.2. The molecule has 0 atom stereocenters. The van der Waals surface area contributed by atoms with Crippen molar-refractivity contribution in [1.82, 2.24) is 5.32 Å². The lowest BCUT2D eigenvalue weighted by Crippen LogP contribution is -2.13. The standard InChI is InChI=1S/C16H26ClNO/c1-3-5-6-7-11-19-16-9-8-14(12-15(16)17)13-18-10-4-2/h8-9,12,18H,3-7,10-11,13H2,1-2H3. The van der Waals surface area contributed by atoms with Crippen LogP contribution in [0.4, 0.5) is 0 Å². The SMILES string of the molecule is CCCCCCOc1ccc(CNCCC)cc1Cl. The Morgan fingerprint density at radius 1 is 1.11 bits per heavy atom. The van der Waals surface area contributed by atoms with E-state index in [0.29, 0.717) is 5.02 Å². The first-order valence-corrected chi connectivity index (χ1v) is 7.77. The van der Waals surface area contributed by atoms with Gasteiger partial charge in [0, 0.05) is 6.54 Å². The molecule has 0 aliphatic heterocycles. The van der Waals surface area contributed by atoms with Crippen molar-refractivity contribution in [3.63, 3.8) is 0 Å². The highest BCUT2D eigenvalue weighted by molar-refractivity contribution is 6.32. The van der Waals surface area contributed by atoms with Crippen LogP contribution in [0.5, 0.6) is 5.75 Å². The summed E-state index contributed by atoms with van der Waals surface area (Å²) in [5.74, 6) is 0.803. The molecule has 0 fully saturated rings. The fourth-order valence-corrected chi connectivity index (χ4v) is 2.15. The molecule has 0 spiro atoms. The van der Waals surface area contributed by atoms with Gasteiger partial charge < -0.3 is 10.1 Å². The van der Waals surface area contributed by atoms with Crippen LogP contribution in [0.3, 0.4) is 0 Å². The van der Waals surface area contributed by atoms with Crippen LogP contribution < -0.4 is 10.1 Å². The lowest BCUT2D eigenvalue weighted by molar-refractivity contribution is 0.305. The fraction of sp³-hybridized carbons (Fsp3) is 0.625. The van der Waals surface area contributed by atoms with E-state index < -0.39 is 0 Å². The molecule has 0 saturated carbocycles. The minimum atomic E-state index is 0.714. The molecule has 0 aliphatic carbocycles. The normalized spacial score (nSPS) is 10.7. The van der Waals surface area contributed by atoms with Gasteiger partial charge in [-0.25, -0.2) is 0 Å². The maximum atomic E-state index is 6.23. The van der Waals surface area contributed by atoms with E-state index in [2.05, 4.69) is 25.2 Å². The first-order chi connectivity index (χ1) is 9.27. The molecule has 108 valence electrons. The van der Waals surface area contributed by atoms with Crippen molar-refractivity contribution >= 4 is 11.6 Å². The first kappa shape index (κ1) is 16.3. The highest BCUT2D eigenvalue weighted by Gasteiger charge is 2.03. The van der Waals surface area contributed by atoms with Crippen LogP contribution in [-0.4, -0.2) is 13.2 Å². The van der Waals surface area contributed by atoms with E-state index in [1.165, 1.54) is 24.8 Å². The lowest BCUT2D eigenvalue weighted by atomic mass is 10.2. The minimum Gasteiger partial charge on any atom is -0.492 e. The summed E-state index contributed by atoms with van der Waals surface area (Å²) >= 11 is 6.23. The molecule has 0 aliphatic rings. The Kier molecular flexibility index (Phi) is 8.68. The number of hydrogen-bond donors (Lipinski definition) is 1. The quantitative estimate of drug-likeness (QED) is 0.623. The van der Waals surface area contributed by atoms with Gasteiger partial charge in [-0.15, -0.1) is 0 Å². The van der Waals surface area contributed by atoms with E-state index in [1.54, 1.807) is 0 Å². The summed E-state index contributed by atoms with van der Waals surface area (Å²) in [7, 11) is 0. The van der Waals surface area contributed by atoms with Gasteiger partial charge in [-0.2, -0.15) is 0 Å². The molecule has 0 saturated heterocycles. The molecule has 1 N–H and O–H groups in total.